The average Bonchev–Trinajstić information content (AvgIpc) is 3.65. The Bertz CT molecular complexity index is 3700. The first kappa shape index (κ1) is 35.2. The lowest BCUT2D eigenvalue weighted by Gasteiger charge is -2.16. The Morgan fingerprint density at radius 2 is 0.836 bits per heavy atom. The smallest absolute Gasteiger partial charge is 0.140 e. The SMILES string of the molecule is Cc1cccc2ccc3cccc(-c4cccc5ccc6cc(-c7ccc(-c8ccc9cc(-c%10ccc%11c(c%10)nc(-c%10ccccc%10)n%11C)ccc9c8)cc7)ccc6c45)c3c12. The van der Waals surface area contributed by atoms with Crippen LogP contribution in [0, 0.1) is 6.92 Å². The molecule has 0 amide bonds. The van der Waals surface area contributed by atoms with Gasteiger partial charge in [-0.25, -0.2) is 4.98 Å². The van der Waals surface area contributed by atoms with Crippen molar-refractivity contribution >= 4 is 64.9 Å². The molecule has 0 N–H and O–H groups in total. The third-order valence-electron chi connectivity index (χ3n) is 12.9. The summed E-state index contributed by atoms with van der Waals surface area (Å²) in [6.07, 6.45) is 0. The highest BCUT2D eigenvalue weighted by Gasteiger charge is 2.15. The van der Waals surface area contributed by atoms with Gasteiger partial charge < -0.3 is 4.57 Å². The second-order valence-corrected chi connectivity index (χ2v) is 16.5. The van der Waals surface area contributed by atoms with Crippen LogP contribution in [0.3, 0.4) is 0 Å². The van der Waals surface area contributed by atoms with E-state index in [4.69, 9.17) is 4.98 Å². The van der Waals surface area contributed by atoms with E-state index >= 15 is 0 Å². The summed E-state index contributed by atoms with van der Waals surface area (Å²) in [4.78, 5) is 5.02. The van der Waals surface area contributed by atoms with Gasteiger partial charge in [-0.1, -0.05) is 176 Å². The van der Waals surface area contributed by atoms with Gasteiger partial charge in [0.05, 0.1) is 11.0 Å². The van der Waals surface area contributed by atoms with Crippen LogP contribution in [-0.2, 0) is 7.05 Å². The molecule has 12 rings (SSSR count). The van der Waals surface area contributed by atoms with Crippen molar-refractivity contribution in [2.45, 2.75) is 6.92 Å². The van der Waals surface area contributed by atoms with Crippen LogP contribution in [0.2, 0.25) is 0 Å². The maximum absolute atomic E-state index is 5.02. The summed E-state index contributed by atoms with van der Waals surface area (Å²) in [6, 6.07) is 75.8. The second-order valence-electron chi connectivity index (χ2n) is 16.5. The molecule has 0 bridgehead atoms. The topological polar surface area (TPSA) is 17.8 Å². The van der Waals surface area contributed by atoms with Gasteiger partial charge in [-0.15, -0.1) is 0 Å². The van der Waals surface area contributed by atoms with E-state index in [1.165, 1.54) is 104 Å². The molecular weight excluding hydrogens is 737 g/mol. The minimum absolute atomic E-state index is 0.980. The predicted molar refractivity (Wildman–Crippen MR) is 260 cm³/mol. The second kappa shape index (κ2) is 13.9. The predicted octanol–water partition coefficient (Wildman–Crippen LogP) is 16.0. The van der Waals surface area contributed by atoms with Crippen molar-refractivity contribution in [2.24, 2.45) is 7.05 Å². The average molecular weight is 777 g/mol. The first-order valence-corrected chi connectivity index (χ1v) is 21.1. The lowest BCUT2D eigenvalue weighted by Crippen LogP contribution is -1.91. The number of hydrogen-bond acceptors (Lipinski definition) is 1. The van der Waals surface area contributed by atoms with Crippen LogP contribution in [0.15, 0.2) is 206 Å². The molecule has 2 heteroatoms. The fraction of sp³-hybridized carbons (Fsp3) is 0.0339. The number of aromatic nitrogens is 2. The highest BCUT2D eigenvalue weighted by Crippen LogP contribution is 2.42. The third-order valence-corrected chi connectivity index (χ3v) is 12.9. The third kappa shape index (κ3) is 5.83. The van der Waals surface area contributed by atoms with E-state index in [2.05, 4.69) is 219 Å². The Balaban J connectivity index is 0.855. The quantitative estimate of drug-likeness (QED) is 0.159. The lowest BCUT2D eigenvalue weighted by molar-refractivity contribution is 0.959. The van der Waals surface area contributed by atoms with E-state index < -0.39 is 0 Å². The highest BCUT2D eigenvalue weighted by atomic mass is 15.1. The summed E-state index contributed by atoms with van der Waals surface area (Å²) >= 11 is 0. The minimum atomic E-state index is 0.980. The van der Waals surface area contributed by atoms with Crippen molar-refractivity contribution in [3.05, 3.63) is 212 Å². The zero-order chi connectivity index (χ0) is 40.6. The van der Waals surface area contributed by atoms with Gasteiger partial charge in [-0.05, 0) is 141 Å². The fourth-order valence-electron chi connectivity index (χ4n) is 9.77. The largest absolute Gasteiger partial charge is 0.327 e. The van der Waals surface area contributed by atoms with Crippen LogP contribution < -0.4 is 0 Å². The number of hydrogen-bond donors (Lipinski definition) is 0. The van der Waals surface area contributed by atoms with Crippen molar-refractivity contribution in [1.29, 1.82) is 0 Å². The highest BCUT2D eigenvalue weighted by molar-refractivity contribution is 6.21. The van der Waals surface area contributed by atoms with Crippen LogP contribution >= 0.6 is 0 Å². The number of nitrogens with zero attached hydrogens (tertiary/aromatic N) is 2. The summed E-state index contributed by atoms with van der Waals surface area (Å²) in [5.41, 5.74) is 14.3. The van der Waals surface area contributed by atoms with E-state index in [1.54, 1.807) is 0 Å². The van der Waals surface area contributed by atoms with E-state index in [1.807, 2.05) is 6.07 Å². The Labute approximate surface area is 354 Å². The summed E-state index contributed by atoms with van der Waals surface area (Å²) < 4.78 is 2.18. The van der Waals surface area contributed by atoms with Gasteiger partial charge in [0.2, 0.25) is 0 Å². The molecule has 12 aromatic rings. The molecule has 0 aliphatic rings. The lowest BCUT2D eigenvalue weighted by atomic mass is 9.88. The maximum atomic E-state index is 5.02. The number of benzene rings is 11. The summed E-state index contributed by atoms with van der Waals surface area (Å²) in [5, 5.41) is 12.7. The normalized spacial score (nSPS) is 11.8. The van der Waals surface area contributed by atoms with Gasteiger partial charge in [-0.2, -0.15) is 0 Å². The van der Waals surface area contributed by atoms with Crippen LogP contribution in [0.5, 0.6) is 0 Å². The van der Waals surface area contributed by atoms with Gasteiger partial charge in [0.25, 0.3) is 0 Å². The molecule has 0 atom stereocenters. The Morgan fingerprint density at radius 1 is 0.344 bits per heavy atom. The van der Waals surface area contributed by atoms with Crippen LogP contribution in [0.25, 0.3) is 121 Å². The van der Waals surface area contributed by atoms with E-state index in [-0.39, 0.29) is 0 Å². The Kier molecular flexibility index (Phi) is 8.01. The zero-order valence-corrected chi connectivity index (χ0v) is 34.0. The van der Waals surface area contributed by atoms with Gasteiger partial charge in [-0.3, -0.25) is 0 Å². The van der Waals surface area contributed by atoms with Crippen molar-refractivity contribution in [3.63, 3.8) is 0 Å². The molecule has 0 saturated carbocycles. The van der Waals surface area contributed by atoms with Gasteiger partial charge in [0.1, 0.15) is 5.82 Å². The van der Waals surface area contributed by atoms with Crippen LogP contribution in [0.4, 0.5) is 0 Å². The van der Waals surface area contributed by atoms with E-state index in [9.17, 15) is 0 Å². The van der Waals surface area contributed by atoms with Crippen molar-refractivity contribution in [3.8, 4) is 55.9 Å². The van der Waals surface area contributed by atoms with E-state index in [0.29, 0.717) is 0 Å². The van der Waals surface area contributed by atoms with E-state index in [0.717, 1.165) is 22.4 Å². The number of imidazole rings is 1. The molecule has 0 aliphatic carbocycles. The fourth-order valence-corrected chi connectivity index (χ4v) is 9.77. The zero-order valence-electron chi connectivity index (χ0n) is 34.0. The maximum Gasteiger partial charge on any atom is 0.140 e. The molecule has 0 fully saturated rings. The summed E-state index contributed by atoms with van der Waals surface area (Å²) in [6.45, 7) is 2.23. The molecule has 0 aliphatic heterocycles. The van der Waals surface area contributed by atoms with Crippen molar-refractivity contribution < 1.29 is 0 Å². The monoisotopic (exact) mass is 776 g/mol. The van der Waals surface area contributed by atoms with Crippen molar-refractivity contribution in [2.75, 3.05) is 0 Å². The molecule has 286 valence electrons. The summed E-state index contributed by atoms with van der Waals surface area (Å²) in [5.74, 6) is 0.980. The first-order valence-electron chi connectivity index (χ1n) is 21.1. The molecule has 61 heavy (non-hydrogen) atoms. The minimum Gasteiger partial charge on any atom is -0.327 e. The van der Waals surface area contributed by atoms with Gasteiger partial charge >= 0.3 is 0 Å². The van der Waals surface area contributed by atoms with Gasteiger partial charge in [0.15, 0.2) is 0 Å². The van der Waals surface area contributed by atoms with Gasteiger partial charge in [0, 0.05) is 12.6 Å². The molecule has 0 unspecified atom stereocenters. The molecule has 0 saturated heterocycles. The first-order chi connectivity index (χ1) is 30.0. The molecule has 11 aromatic carbocycles. The number of aryl methyl sites for hydroxylation is 2. The molecule has 2 nitrogen and oxygen atoms in total. The Hall–Kier alpha value is -7.81. The molecular formula is C59H40N2. The number of fused-ring (bicyclic) bond motifs is 8. The molecule has 1 heterocycles. The number of rotatable bonds is 5. The van der Waals surface area contributed by atoms with Crippen LogP contribution in [-0.4, -0.2) is 9.55 Å². The Morgan fingerprint density at radius 3 is 1.52 bits per heavy atom. The standard InChI is InChI=1S/C59H40N2/c1-37-9-6-12-40-21-22-42-14-8-16-53(58(42)56(37)40)52-15-7-13-41-23-28-50-35-45(29-31-51(50)57(41)52)39-19-17-38(18-20-39)44-24-25-47-34-48(27-26-46(47)33-44)49-30-32-55-54(36-49)60-59(61(55)2)43-10-4-3-5-11-43/h3-36H,1-2H3. The molecule has 1 aromatic heterocycles. The summed E-state index contributed by atoms with van der Waals surface area (Å²) in [7, 11) is 2.09. The molecule has 0 spiro atoms. The van der Waals surface area contributed by atoms with Crippen LogP contribution in [0.1, 0.15) is 5.56 Å². The molecule has 0 radical (unpaired) electrons. The van der Waals surface area contributed by atoms with Crippen molar-refractivity contribution in [1.82, 2.24) is 9.55 Å².